The average molecular weight is 554 g/mol. The number of imide groups is 2. The van der Waals surface area contributed by atoms with Crippen LogP contribution in [0.3, 0.4) is 0 Å². The highest BCUT2D eigenvalue weighted by Crippen LogP contribution is 2.75. The molecule has 4 amide bonds. The van der Waals surface area contributed by atoms with Crippen molar-refractivity contribution >= 4 is 35.0 Å². The molecule has 8 rings (SSSR count). The number of carbonyl (C=O) groups excluding carboxylic acids is 4. The molecule has 4 aliphatic rings. The first-order chi connectivity index (χ1) is 20.5. The molecule has 2 unspecified atom stereocenters. The van der Waals surface area contributed by atoms with E-state index in [1.165, 1.54) is 9.80 Å². The lowest BCUT2D eigenvalue weighted by Crippen LogP contribution is -2.53. The van der Waals surface area contributed by atoms with Crippen molar-refractivity contribution < 1.29 is 19.2 Å². The molecule has 4 aliphatic heterocycles. The second kappa shape index (κ2) is 8.57. The summed E-state index contributed by atoms with van der Waals surface area (Å²) in [6.07, 6.45) is 0. The number of hydrogen-bond donors (Lipinski definition) is 0. The summed E-state index contributed by atoms with van der Waals surface area (Å²) in [4.78, 5) is 63.3. The zero-order valence-corrected chi connectivity index (χ0v) is 22.8. The van der Waals surface area contributed by atoms with E-state index in [1.807, 2.05) is 84.7 Å². The van der Waals surface area contributed by atoms with E-state index in [0.29, 0.717) is 11.4 Å². The standard InChI is InChI=1S/C35H27N3O4/c1-36-34(22-14-6-2-7-15-22)26-28(32(41)37(30(26)39)24-18-10-4-11-19-24)35(36,23-16-8-3-9-17-23)29-27(34)31(40)38(33(29)42)25-20-12-5-13-21-25/h2-21,26-29H,1H3/t26-,27+,28-,29+,34?,35?. The van der Waals surface area contributed by atoms with Crippen LogP contribution in [0.25, 0.3) is 0 Å². The number of hydrogen-bond acceptors (Lipinski definition) is 5. The van der Waals surface area contributed by atoms with Gasteiger partial charge >= 0.3 is 0 Å². The predicted octanol–water partition coefficient (Wildman–Crippen LogP) is 4.35. The molecule has 4 aromatic carbocycles. The SMILES string of the molecule is CN1C2(c3ccccc3)[C@@H]3C(=O)N(c4ccccc4)C(=O)[C@H]3C1(c1ccccc1)[C@H]1C(=O)N(c3ccccc3)C(=O)[C@@H]12. The minimum atomic E-state index is -1.24. The van der Waals surface area contributed by atoms with E-state index in [9.17, 15) is 19.2 Å². The number of amides is 4. The van der Waals surface area contributed by atoms with Crippen molar-refractivity contribution in [1.29, 1.82) is 0 Å². The molecule has 0 aliphatic carbocycles. The predicted molar refractivity (Wildman–Crippen MR) is 156 cm³/mol. The van der Waals surface area contributed by atoms with Gasteiger partial charge in [0.15, 0.2) is 0 Å². The first-order valence-electron chi connectivity index (χ1n) is 14.2. The lowest BCUT2D eigenvalue weighted by molar-refractivity contribution is -0.133. The summed E-state index contributed by atoms with van der Waals surface area (Å²) in [6, 6.07) is 36.9. The summed E-state index contributed by atoms with van der Waals surface area (Å²) in [5.41, 5.74) is 0.00544. The first-order valence-corrected chi connectivity index (χ1v) is 14.2. The molecule has 42 heavy (non-hydrogen) atoms. The topological polar surface area (TPSA) is 78.0 Å². The fourth-order valence-electron chi connectivity index (χ4n) is 8.82. The van der Waals surface area contributed by atoms with E-state index in [-0.39, 0.29) is 23.6 Å². The quantitative estimate of drug-likeness (QED) is 0.351. The van der Waals surface area contributed by atoms with Gasteiger partial charge in [0.1, 0.15) is 0 Å². The van der Waals surface area contributed by atoms with Gasteiger partial charge in [-0.1, -0.05) is 97.1 Å². The van der Waals surface area contributed by atoms with E-state index in [0.717, 1.165) is 11.1 Å². The van der Waals surface area contributed by atoms with Gasteiger partial charge in [0.05, 0.1) is 46.1 Å². The van der Waals surface area contributed by atoms with Gasteiger partial charge in [-0.3, -0.25) is 24.1 Å². The lowest BCUT2D eigenvalue weighted by Gasteiger charge is -2.42. The zero-order valence-electron chi connectivity index (χ0n) is 22.8. The van der Waals surface area contributed by atoms with Crippen LogP contribution in [0.1, 0.15) is 11.1 Å². The van der Waals surface area contributed by atoms with Gasteiger partial charge in [0.25, 0.3) is 0 Å². The van der Waals surface area contributed by atoms with Crippen LogP contribution in [0.4, 0.5) is 11.4 Å². The number of fused-ring (bicyclic) bond motifs is 8. The summed E-state index contributed by atoms with van der Waals surface area (Å²) in [5.74, 6) is -4.91. The van der Waals surface area contributed by atoms with Crippen molar-refractivity contribution in [2.24, 2.45) is 23.7 Å². The Labute approximate surface area is 243 Å². The van der Waals surface area contributed by atoms with Crippen LogP contribution >= 0.6 is 0 Å². The van der Waals surface area contributed by atoms with Gasteiger partial charge in [-0.2, -0.15) is 0 Å². The molecule has 0 N–H and O–H groups in total. The number of benzene rings is 4. The minimum absolute atomic E-state index is 0.346. The number of anilines is 2. The molecular weight excluding hydrogens is 526 g/mol. The third kappa shape index (κ3) is 2.70. The summed E-state index contributed by atoms with van der Waals surface area (Å²) < 4.78 is 0. The van der Waals surface area contributed by atoms with Crippen LogP contribution in [-0.4, -0.2) is 35.6 Å². The Kier molecular flexibility index (Phi) is 5.07. The molecule has 7 heteroatoms. The molecule has 0 spiro atoms. The highest BCUT2D eigenvalue weighted by atomic mass is 16.2. The Bertz CT molecular complexity index is 1580. The van der Waals surface area contributed by atoms with E-state index in [2.05, 4.69) is 0 Å². The van der Waals surface area contributed by atoms with Crippen molar-refractivity contribution in [1.82, 2.24) is 4.90 Å². The van der Waals surface area contributed by atoms with Gasteiger partial charge < -0.3 is 0 Å². The molecule has 4 aromatic rings. The van der Waals surface area contributed by atoms with Gasteiger partial charge in [0, 0.05) is 0 Å². The molecular formula is C35H27N3O4. The molecule has 0 radical (unpaired) electrons. The Morgan fingerprint density at radius 2 is 0.690 bits per heavy atom. The Hall–Kier alpha value is -4.88. The maximum absolute atomic E-state index is 14.7. The van der Waals surface area contributed by atoms with E-state index in [1.54, 1.807) is 48.5 Å². The van der Waals surface area contributed by atoms with Crippen molar-refractivity contribution in [3.63, 3.8) is 0 Å². The smallest absolute Gasteiger partial charge is 0.240 e. The molecule has 4 saturated heterocycles. The van der Waals surface area contributed by atoms with Crippen molar-refractivity contribution in [2.75, 3.05) is 16.8 Å². The molecule has 0 aromatic heterocycles. The van der Waals surface area contributed by atoms with Crippen molar-refractivity contribution in [3.05, 3.63) is 132 Å². The molecule has 7 nitrogen and oxygen atoms in total. The van der Waals surface area contributed by atoms with Gasteiger partial charge in [-0.05, 0) is 42.4 Å². The minimum Gasteiger partial charge on any atom is -0.284 e. The van der Waals surface area contributed by atoms with Gasteiger partial charge in [0.2, 0.25) is 23.6 Å². The Morgan fingerprint density at radius 3 is 0.976 bits per heavy atom. The second-order valence-corrected chi connectivity index (χ2v) is 11.5. The van der Waals surface area contributed by atoms with E-state index < -0.39 is 34.7 Å². The molecule has 4 fully saturated rings. The zero-order chi connectivity index (χ0) is 28.8. The maximum atomic E-state index is 14.7. The molecule has 4 heterocycles. The highest BCUT2D eigenvalue weighted by Gasteiger charge is 2.88. The van der Waals surface area contributed by atoms with Crippen LogP contribution in [-0.2, 0) is 30.3 Å². The van der Waals surface area contributed by atoms with Crippen LogP contribution < -0.4 is 9.80 Å². The molecule has 206 valence electrons. The number of rotatable bonds is 4. The second-order valence-electron chi connectivity index (χ2n) is 11.5. The number of carbonyl (C=O) groups is 4. The first kappa shape index (κ1) is 24.9. The normalized spacial score (nSPS) is 31.6. The number of nitrogens with zero attached hydrogens (tertiary/aromatic N) is 3. The van der Waals surface area contributed by atoms with Crippen LogP contribution in [0.5, 0.6) is 0 Å². The fraction of sp³-hybridized carbons (Fsp3) is 0.200. The highest BCUT2D eigenvalue weighted by molar-refractivity contribution is 6.28. The summed E-state index contributed by atoms with van der Waals surface area (Å²) >= 11 is 0. The monoisotopic (exact) mass is 553 g/mol. The van der Waals surface area contributed by atoms with Crippen molar-refractivity contribution in [3.8, 4) is 0 Å². The number of para-hydroxylation sites is 2. The van der Waals surface area contributed by atoms with Crippen molar-refractivity contribution in [2.45, 2.75) is 11.1 Å². The van der Waals surface area contributed by atoms with Crippen LogP contribution in [0.2, 0.25) is 0 Å². The van der Waals surface area contributed by atoms with E-state index >= 15 is 0 Å². The third-order valence-electron chi connectivity index (χ3n) is 10.1. The molecule has 2 bridgehead atoms. The average Bonchev–Trinajstić information content (AvgIpc) is 3.64. The summed E-state index contributed by atoms with van der Waals surface area (Å²) in [7, 11) is 1.89. The lowest BCUT2D eigenvalue weighted by atomic mass is 9.55. The summed E-state index contributed by atoms with van der Waals surface area (Å²) in [5, 5.41) is 0. The van der Waals surface area contributed by atoms with E-state index in [4.69, 9.17) is 0 Å². The largest absolute Gasteiger partial charge is 0.284 e. The Balaban J connectivity index is 1.46. The maximum Gasteiger partial charge on any atom is 0.240 e. The van der Waals surface area contributed by atoms with Crippen LogP contribution in [0.15, 0.2) is 121 Å². The molecule has 6 atom stereocenters. The fourth-order valence-corrected chi connectivity index (χ4v) is 8.82. The Morgan fingerprint density at radius 1 is 0.429 bits per heavy atom. The summed E-state index contributed by atoms with van der Waals surface area (Å²) in [6.45, 7) is 0. The van der Waals surface area contributed by atoms with Crippen LogP contribution in [0, 0.1) is 23.7 Å². The molecule has 0 saturated carbocycles. The van der Waals surface area contributed by atoms with Gasteiger partial charge in [-0.25, -0.2) is 9.80 Å². The third-order valence-corrected chi connectivity index (χ3v) is 10.1. The van der Waals surface area contributed by atoms with Gasteiger partial charge in [-0.15, -0.1) is 0 Å².